The molecule has 1 unspecified atom stereocenters. The van der Waals surface area contributed by atoms with Gasteiger partial charge in [0.1, 0.15) is 5.75 Å². The molecule has 1 atom stereocenters. The summed E-state index contributed by atoms with van der Waals surface area (Å²) in [6, 6.07) is 24.3. The Morgan fingerprint density at radius 1 is 0.532 bits per heavy atom. The zero-order valence-electron chi connectivity index (χ0n) is 30.1. The first-order valence-electron chi connectivity index (χ1n) is 19.2. The summed E-state index contributed by atoms with van der Waals surface area (Å²) in [6.45, 7) is 7.37. The van der Waals surface area contributed by atoms with E-state index in [9.17, 15) is 4.79 Å². The first kappa shape index (κ1) is 38.5. The maximum Gasteiger partial charge on any atom is 0.343 e. The third kappa shape index (κ3) is 16.2. The Balaban J connectivity index is 1.30. The van der Waals surface area contributed by atoms with Gasteiger partial charge in [-0.1, -0.05) is 172 Å². The van der Waals surface area contributed by atoms with Crippen LogP contribution >= 0.6 is 0 Å². The summed E-state index contributed by atoms with van der Waals surface area (Å²) in [5, 5.41) is 0. The molecular weight excluding hydrogens is 576 g/mol. The van der Waals surface area contributed by atoms with E-state index >= 15 is 0 Å². The molecule has 0 heterocycles. The molecule has 0 fully saturated rings. The number of hydrogen-bond donors (Lipinski definition) is 0. The lowest BCUT2D eigenvalue weighted by molar-refractivity contribution is 0.0626. The quantitative estimate of drug-likeness (QED) is 0.0497. The normalized spacial score (nSPS) is 11.9. The number of carbonyl (C=O) groups excluding carboxylic acids is 1. The van der Waals surface area contributed by atoms with E-state index in [2.05, 4.69) is 45.0 Å². The number of carbonyl (C=O) groups is 1. The third-order valence-corrected chi connectivity index (χ3v) is 9.40. The Bertz CT molecular complexity index is 1200. The van der Waals surface area contributed by atoms with Crippen molar-refractivity contribution in [3.63, 3.8) is 0 Å². The molecule has 0 aliphatic carbocycles. The van der Waals surface area contributed by atoms with Gasteiger partial charge in [-0.15, -0.1) is 0 Å². The van der Waals surface area contributed by atoms with Gasteiger partial charge in [0.2, 0.25) is 0 Å². The minimum atomic E-state index is -0.345. The summed E-state index contributed by atoms with van der Waals surface area (Å²) >= 11 is 0. The predicted molar refractivity (Wildman–Crippen MR) is 200 cm³/mol. The molecule has 47 heavy (non-hydrogen) atoms. The van der Waals surface area contributed by atoms with Gasteiger partial charge in [-0.2, -0.15) is 0 Å². The van der Waals surface area contributed by atoms with E-state index in [4.69, 9.17) is 9.47 Å². The Morgan fingerprint density at radius 2 is 0.979 bits per heavy atom. The third-order valence-electron chi connectivity index (χ3n) is 9.40. The number of esters is 1. The fourth-order valence-electron chi connectivity index (χ4n) is 6.22. The maximum atomic E-state index is 12.8. The fraction of sp³-hybridized carbons (Fsp3) is 0.568. The van der Waals surface area contributed by atoms with Crippen LogP contribution in [0.2, 0.25) is 0 Å². The number of benzene rings is 3. The van der Waals surface area contributed by atoms with Crippen LogP contribution in [0, 0.1) is 0 Å². The van der Waals surface area contributed by atoms with Crippen molar-refractivity contribution in [1.82, 2.24) is 0 Å². The first-order valence-corrected chi connectivity index (χ1v) is 19.2. The van der Waals surface area contributed by atoms with Crippen molar-refractivity contribution in [1.29, 1.82) is 0 Å². The molecular formula is C44H64O3. The maximum absolute atomic E-state index is 12.8. The van der Waals surface area contributed by atoms with Gasteiger partial charge >= 0.3 is 5.97 Å². The van der Waals surface area contributed by atoms with Crippen LogP contribution in [0.15, 0.2) is 72.8 Å². The van der Waals surface area contributed by atoms with Crippen molar-refractivity contribution in [2.75, 3.05) is 6.61 Å². The summed E-state index contributed by atoms with van der Waals surface area (Å²) in [5.74, 6) is 0.208. The van der Waals surface area contributed by atoms with Gasteiger partial charge in [0.05, 0.1) is 11.7 Å². The van der Waals surface area contributed by atoms with Crippen LogP contribution in [0.1, 0.15) is 170 Å². The van der Waals surface area contributed by atoms with Gasteiger partial charge in [0.15, 0.2) is 0 Å². The van der Waals surface area contributed by atoms with E-state index < -0.39 is 0 Å². The van der Waals surface area contributed by atoms with Crippen LogP contribution in [0.5, 0.6) is 5.75 Å². The van der Waals surface area contributed by atoms with Crippen molar-refractivity contribution in [3.8, 4) is 16.9 Å². The topological polar surface area (TPSA) is 35.5 Å². The first-order chi connectivity index (χ1) is 23.1. The second-order valence-electron chi connectivity index (χ2n) is 13.5. The summed E-state index contributed by atoms with van der Waals surface area (Å²) in [4.78, 5) is 12.8. The molecule has 258 valence electrons. The van der Waals surface area contributed by atoms with E-state index in [0.29, 0.717) is 11.3 Å². The molecule has 0 bridgehead atoms. The van der Waals surface area contributed by atoms with Gasteiger partial charge < -0.3 is 9.47 Å². The molecule has 0 spiro atoms. The summed E-state index contributed by atoms with van der Waals surface area (Å²) < 4.78 is 11.7. The van der Waals surface area contributed by atoms with Crippen LogP contribution in [-0.4, -0.2) is 12.6 Å². The highest BCUT2D eigenvalue weighted by Gasteiger charge is 2.11. The van der Waals surface area contributed by atoms with E-state index in [-0.39, 0.29) is 12.1 Å². The van der Waals surface area contributed by atoms with Crippen molar-refractivity contribution < 1.29 is 14.3 Å². The molecule has 0 aliphatic rings. The number of aryl methyl sites for hydroxylation is 1. The minimum absolute atomic E-state index is 0.0107. The van der Waals surface area contributed by atoms with Crippen LogP contribution in [0.4, 0.5) is 0 Å². The van der Waals surface area contributed by atoms with Gasteiger partial charge in [0.25, 0.3) is 0 Å². The molecule has 0 radical (unpaired) electrons. The lowest BCUT2D eigenvalue weighted by Crippen LogP contribution is -2.09. The van der Waals surface area contributed by atoms with Crippen LogP contribution in [0.3, 0.4) is 0 Å². The molecule has 3 aromatic carbocycles. The predicted octanol–water partition coefficient (Wildman–Crippen LogP) is 13.6. The number of ether oxygens (including phenoxy) is 2. The van der Waals surface area contributed by atoms with Crippen LogP contribution < -0.4 is 4.74 Å². The molecule has 3 nitrogen and oxygen atoms in total. The highest BCUT2D eigenvalue weighted by Crippen LogP contribution is 2.25. The molecule has 0 saturated heterocycles. The van der Waals surface area contributed by atoms with E-state index in [1.54, 1.807) is 0 Å². The molecule has 0 N–H and O–H groups in total. The summed E-state index contributed by atoms with van der Waals surface area (Å²) in [7, 11) is 0. The monoisotopic (exact) mass is 640 g/mol. The average Bonchev–Trinajstić information content (AvgIpc) is 3.10. The van der Waals surface area contributed by atoms with Crippen LogP contribution in [-0.2, 0) is 11.2 Å². The standard InChI is InChI=1S/C44H64O3/c1-4-6-8-10-12-13-14-15-16-17-18-19-21-23-38-24-26-40(27-25-38)41-32-34-43(35-33-41)47-44(45)42-30-28-39(29-31-42)37(3)46-36-22-20-11-9-7-5-2/h24-35,37H,4-23,36H2,1-3H3. The van der Waals surface area contributed by atoms with Gasteiger partial charge in [-0.25, -0.2) is 4.79 Å². The largest absolute Gasteiger partial charge is 0.423 e. The van der Waals surface area contributed by atoms with Crippen molar-refractivity contribution >= 4 is 5.97 Å². The van der Waals surface area contributed by atoms with E-state index in [0.717, 1.165) is 30.6 Å². The second kappa shape index (κ2) is 24.3. The molecule has 0 amide bonds. The van der Waals surface area contributed by atoms with Gasteiger partial charge in [-0.3, -0.25) is 0 Å². The smallest absolute Gasteiger partial charge is 0.343 e. The summed E-state index contributed by atoms with van der Waals surface area (Å²) in [6.07, 6.45) is 26.8. The van der Waals surface area contributed by atoms with Crippen molar-refractivity contribution in [2.24, 2.45) is 0 Å². The van der Waals surface area contributed by atoms with Crippen LogP contribution in [0.25, 0.3) is 11.1 Å². The molecule has 0 aliphatic heterocycles. The summed E-state index contributed by atoms with van der Waals surface area (Å²) in [5.41, 5.74) is 5.33. The number of rotatable bonds is 26. The van der Waals surface area contributed by atoms with Crippen molar-refractivity contribution in [2.45, 2.75) is 155 Å². The Hall–Kier alpha value is -2.91. The fourth-order valence-corrected chi connectivity index (χ4v) is 6.22. The van der Waals surface area contributed by atoms with E-state index in [1.165, 1.54) is 127 Å². The Labute approximate surface area is 287 Å². The Morgan fingerprint density at radius 3 is 1.49 bits per heavy atom. The Kier molecular flexibility index (Phi) is 19.9. The zero-order valence-corrected chi connectivity index (χ0v) is 30.1. The molecule has 3 rings (SSSR count). The SMILES string of the molecule is CCCCCCCCCCCCCCCc1ccc(-c2ccc(OC(=O)c3ccc(C(C)OCCCCCCCC)cc3)cc2)cc1. The molecule has 3 aromatic rings. The second-order valence-corrected chi connectivity index (χ2v) is 13.5. The van der Waals surface area contributed by atoms with Gasteiger partial charge in [-0.05, 0) is 72.7 Å². The molecule has 0 aromatic heterocycles. The lowest BCUT2D eigenvalue weighted by atomic mass is 10.0. The van der Waals surface area contributed by atoms with E-state index in [1.807, 2.05) is 48.5 Å². The van der Waals surface area contributed by atoms with Crippen molar-refractivity contribution in [3.05, 3.63) is 89.5 Å². The zero-order chi connectivity index (χ0) is 33.4. The highest BCUT2D eigenvalue weighted by atomic mass is 16.5. The number of hydrogen-bond acceptors (Lipinski definition) is 3. The lowest BCUT2D eigenvalue weighted by Gasteiger charge is -2.14. The molecule has 3 heteroatoms. The average molecular weight is 641 g/mol. The highest BCUT2D eigenvalue weighted by molar-refractivity contribution is 5.91. The molecule has 0 saturated carbocycles. The van der Waals surface area contributed by atoms with Gasteiger partial charge in [0, 0.05) is 6.61 Å². The number of unbranched alkanes of at least 4 members (excludes halogenated alkanes) is 17. The minimum Gasteiger partial charge on any atom is -0.423 e.